The Balaban J connectivity index is 1.89. The van der Waals surface area contributed by atoms with Gasteiger partial charge >= 0.3 is 0 Å². The molecule has 1 N–H and O–H groups in total. The number of nitrogens with zero attached hydrogens (tertiary/aromatic N) is 1. The highest BCUT2D eigenvalue weighted by Crippen LogP contribution is 2.28. The van der Waals surface area contributed by atoms with Crippen LogP contribution in [0.25, 0.3) is 0 Å². The van der Waals surface area contributed by atoms with E-state index >= 15 is 0 Å². The minimum Gasteiger partial charge on any atom is -0.380 e. The van der Waals surface area contributed by atoms with Gasteiger partial charge in [0.2, 0.25) is 0 Å². The molecule has 0 bridgehead atoms. The van der Waals surface area contributed by atoms with Gasteiger partial charge < -0.3 is 10.1 Å². The van der Waals surface area contributed by atoms with Gasteiger partial charge in [0.1, 0.15) is 0 Å². The first kappa shape index (κ1) is 13.3. The van der Waals surface area contributed by atoms with E-state index in [1.54, 1.807) is 0 Å². The van der Waals surface area contributed by atoms with Crippen LogP contribution in [0, 0.1) is 5.92 Å². The Morgan fingerprint density at radius 1 is 1.24 bits per heavy atom. The van der Waals surface area contributed by atoms with Crippen molar-refractivity contribution in [3.05, 3.63) is 0 Å². The molecule has 1 saturated heterocycles. The molecule has 17 heavy (non-hydrogen) atoms. The van der Waals surface area contributed by atoms with Crippen LogP contribution in [0.1, 0.15) is 39.5 Å². The molecule has 1 aliphatic heterocycles. The maximum atomic E-state index is 5.69. The van der Waals surface area contributed by atoms with Crippen molar-refractivity contribution in [3.63, 3.8) is 0 Å². The monoisotopic (exact) mass is 240 g/mol. The predicted molar refractivity (Wildman–Crippen MR) is 71.3 cm³/mol. The zero-order valence-corrected chi connectivity index (χ0v) is 11.5. The molecule has 2 unspecified atom stereocenters. The lowest BCUT2D eigenvalue weighted by Crippen LogP contribution is -2.56. The van der Waals surface area contributed by atoms with E-state index in [4.69, 9.17) is 4.74 Å². The fraction of sp³-hybridized carbons (Fsp3) is 1.00. The van der Waals surface area contributed by atoms with Crippen molar-refractivity contribution in [2.24, 2.45) is 5.92 Å². The molecule has 1 aliphatic carbocycles. The summed E-state index contributed by atoms with van der Waals surface area (Å²) >= 11 is 0. The van der Waals surface area contributed by atoms with Crippen LogP contribution in [0.5, 0.6) is 0 Å². The van der Waals surface area contributed by atoms with Gasteiger partial charge in [-0.15, -0.1) is 0 Å². The van der Waals surface area contributed by atoms with E-state index in [-0.39, 0.29) is 0 Å². The van der Waals surface area contributed by atoms with E-state index in [1.807, 2.05) is 0 Å². The number of ether oxygens (including phenoxy) is 1. The first-order valence-electron chi connectivity index (χ1n) is 7.40. The van der Waals surface area contributed by atoms with Crippen molar-refractivity contribution in [2.75, 3.05) is 32.8 Å². The minimum absolute atomic E-state index is 0.592. The van der Waals surface area contributed by atoms with Crippen LogP contribution < -0.4 is 5.32 Å². The van der Waals surface area contributed by atoms with Gasteiger partial charge in [0.05, 0.1) is 6.61 Å². The average molecular weight is 240 g/mol. The molecule has 0 radical (unpaired) electrons. The lowest BCUT2D eigenvalue weighted by atomic mass is 9.84. The second-order valence-corrected chi connectivity index (χ2v) is 5.48. The molecule has 0 amide bonds. The van der Waals surface area contributed by atoms with Gasteiger partial charge in [0, 0.05) is 25.2 Å². The summed E-state index contributed by atoms with van der Waals surface area (Å²) in [6.45, 7) is 9.85. The maximum absolute atomic E-state index is 5.69. The Morgan fingerprint density at radius 3 is 2.65 bits per heavy atom. The summed E-state index contributed by atoms with van der Waals surface area (Å²) in [5.41, 5.74) is 0. The molecule has 0 aromatic carbocycles. The first-order valence-corrected chi connectivity index (χ1v) is 7.40. The van der Waals surface area contributed by atoms with Crippen molar-refractivity contribution >= 4 is 0 Å². The van der Waals surface area contributed by atoms with Gasteiger partial charge in [0.25, 0.3) is 0 Å². The van der Waals surface area contributed by atoms with Crippen LogP contribution in [-0.2, 0) is 4.74 Å². The third-order valence-electron chi connectivity index (χ3n) is 4.39. The quantitative estimate of drug-likeness (QED) is 0.767. The molecular formula is C14H28N2O. The summed E-state index contributed by atoms with van der Waals surface area (Å²) < 4.78 is 5.69. The number of hydrogen-bond donors (Lipinski definition) is 1. The SMILES string of the molecule is CCNC1CCOCC1N(CC)CC1CCC1. The van der Waals surface area contributed by atoms with Gasteiger partial charge in [0.15, 0.2) is 0 Å². The Labute approximate surface area is 106 Å². The summed E-state index contributed by atoms with van der Waals surface area (Å²) in [4.78, 5) is 2.65. The van der Waals surface area contributed by atoms with Gasteiger partial charge in [-0.1, -0.05) is 20.3 Å². The van der Waals surface area contributed by atoms with Gasteiger partial charge in [-0.05, 0) is 38.3 Å². The summed E-state index contributed by atoms with van der Waals surface area (Å²) in [6.07, 6.45) is 5.49. The molecule has 1 saturated carbocycles. The molecule has 3 nitrogen and oxygen atoms in total. The summed E-state index contributed by atoms with van der Waals surface area (Å²) in [7, 11) is 0. The summed E-state index contributed by atoms with van der Waals surface area (Å²) in [5, 5.41) is 3.64. The topological polar surface area (TPSA) is 24.5 Å². The molecule has 0 spiro atoms. The predicted octanol–water partition coefficient (Wildman–Crippen LogP) is 1.88. The molecule has 2 rings (SSSR count). The van der Waals surface area contributed by atoms with Crippen molar-refractivity contribution < 1.29 is 4.74 Å². The van der Waals surface area contributed by atoms with Crippen molar-refractivity contribution in [2.45, 2.75) is 51.6 Å². The Kier molecular flexibility index (Phi) is 5.26. The third-order valence-corrected chi connectivity index (χ3v) is 4.39. The van der Waals surface area contributed by atoms with E-state index in [0.717, 1.165) is 32.2 Å². The fourth-order valence-electron chi connectivity index (χ4n) is 3.09. The maximum Gasteiger partial charge on any atom is 0.0637 e. The molecule has 0 aromatic rings. The van der Waals surface area contributed by atoms with Crippen LogP contribution in [0.3, 0.4) is 0 Å². The molecule has 3 heteroatoms. The van der Waals surface area contributed by atoms with Crippen molar-refractivity contribution in [3.8, 4) is 0 Å². The minimum atomic E-state index is 0.592. The standard InChI is InChI=1S/C14H28N2O/c1-3-15-13-8-9-17-11-14(13)16(4-2)10-12-6-5-7-12/h12-15H,3-11H2,1-2H3. The lowest BCUT2D eigenvalue weighted by molar-refractivity contribution is -0.0106. The smallest absolute Gasteiger partial charge is 0.0637 e. The van der Waals surface area contributed by atoms with Gasteiger partial charge in [-0.25, -0.2) is 0 Å². The normalized spacial score (nSPS) is 30.5. The highest BCUT2D eigenvalue weighted by molar-refractivity contribution is 4.88. The molecular weight excluding hydrogens is 212 g/mol. The van der Waals surface area contributed by atoms with Gasteiger partial charge in [-0.2, -0.15) is 0 Å². The van der Waals surface area contributed by atoms with Crippen molar-refractivity contribution in [1.82, 2.24) is 10.2 Å². The molecule has 1 heterocycles. The number of nitrogens with one attached hydrogen (secondary N) is 1. The van der Waals surface area contributed by atoms with E-state index in [1.165, 1.54) is 32.2 Å². The Morgan fingerprint density at radius 2 is 2.06 bits per heavy atom. The van der Waals surface area contributed by atoms with Gasteiger partial charge in [-0.3, -0.25) is 4.90 Å². The van der Waals surface area contributed by atoms with E-state index < -0.39 is 0 Å². The molecule has 100 valence electrons. The Hall–Kier alpha value is -0.120. The molecule has 2 atom stereocenters. The number of rotatable bonds is 6. The van der Waals surface area contributed by atoms with E-state index in [2.05, 4.69) is 24.1 Å². The highest BCUT2D eigenvalue weighted by atomic mass is 16.5. The van der Waals surface area contributed by atoms with Crippen LogP contribution in [0.4, 0.5) is 0 Å². The largest absolute Gasteiger partial charge is 0.380 e. The van der Waals surface area contributed by atoms with Crippen LogP contribution in [0.15, 0.2) is 0 Å². The van der Waals surface area contributed by atoms with Crippen LogP contribution >= 0.6 is 0 Å². The summed E-state index contributed by atoms with van der Waals surface area (Å²) in [5.74, 6) is 0.958. The second-order valence-electron chi connectivity index (χ2n) is 5.48. The highest BCUT2D eigenvalue weighted by Gasteiger charge is 2.31. The number of likely N-dealkylation sites (N-methyl/N-ethyl adjacent to an activating group) is 2. The fourth-order valence-corrected chi connectivity index (χ4v) is 3.09. The average Bonchev–Trinajstić information content (AvgIpc) is 2.30. The molecule has 2 fully saturated rings. The zero-order chi connectivity index (χ0) is 12.1. The second kappa shape index (κ2) is 6.72. The van der Waals surface area contributed by atoms with Crippen LogP contribution in [0.2, 0.25) is 0 Å². The first-order chi connectivity index (χ1) is 8.35. The van der Waals surface area contributed by atoms with E-state index in [0.29, 0.717) is 12.1 Å². The van der Waals surface area contributed by atoms with Crippen LogP contribution in [-0.4, -0.2) is 49.8 Å². The number of hydrogen-bond acceptors (Lipinski definition) is 3. The zero-order valence-electron chi connectivity index (χ0n) is 11.5. The van der Waals surface area contributed by atoms with E-state index in [9.17, 15) is 0 Å². The van der Waals surface area contributed by atoms with Crippen molar-refractivity contribution in [1.29, 1.82) is 0 Å². The third kappa shape index (κ3) is 3.43. The Bertz CT molecular complexity index is 216. The molecule has 0 aromatic heterocycles. The summed E-state index contributed by atoms with van der Waals surface area (Å²) in [6, 6.07) is 1.23. The molecule has 2 aliphatic rings. The lowest BCUT2D eigenvalue weighted by Gasteiger charge is -2.42.